The standard InChI is InChI=1S/C17H15BrO2/c1-11-9-12(2)17(16(20)10-11)15(19)8-5-13-3-6-14(18)7-4-13/h3-10,20H,1-2H3. The Balaban J connectivity index is 2.26. The van der Waals surface area contributed by atoms with Crippen LogP contribution in [0.4, 0.5) is 0 Å². The summed E-state index contributed by atoms with van der Waals surface area (Å²) in [6.45, 7) is 3.71. The zero-order valence-electron chi connectivity index (χ0n) is 11.4. The summed E-state index contributed by atoms with van der Waals surface area (Å²) in [4.78, 5) is 12.2. The third-order valence-corrected chi connectivity index (χ3v) is 3.53. The Hall–Kier alpha value is -1.87. The number of ketones is 1. The average Bonchev–Trinajstić information content (AvgIpc) is 2.37. The SMILES string of the molecule is Cc1cc(C)c(C(=O)C=Cc2ccc(Br)cc2)c(O)c1. The number of carbonyl (C=O) groups excluding carboxylic acids is 1. The second-order valence-corrected chi connectivity index (χ2v) is 5.64. The topological polar surface area (TPSA) is 37.3 Å². The summed E-state index contributed by atoms with van der Waals surface area (Å²) in [5.41, 5.74) is 3.02. The zero-order chi connectivity index (χ0) is 14.7. The highest BCUT2D eigenvalue weighted by Gasteiger charge is 2.12. The van der Waals surface area contributed by atoms with Crippen LogP contribution in [0.3, 0.4) is 0 Å². The number of allylic oxidation sites excluding steroid dienone is 1. The van der Waals surface area contributed by atoms with Crippen LogP contribution in [0.15, 0.2) is 46.9 Å². The van der Waals surface area contributed by atoms with Crippen molar-refractivity contribution in [3.8, 4) is 5.75 Å². The van der Waals surface area contributed by atoms with Crippen LogP contribution in [0.25, 0.3) is 6.08 Å². The van der Waals surface area contributed by atoms with E-state index in [1.807, 2.05) is 44.2 Å². The van der Waals surface area contributed by atoms with Gasteiger partial charge in [0.2, 0.25) is 0 Å². The molecule has 0 aliphatic heterocycles. The third-order valence-electron chi connectivity index (χ3n) is 3.00. The summed E-state index contributed by atoms with van der Waals surface area (Å²) >= 11 is 3.36. The van der Waals surface area contributed by atoms with Gasteiger partial charge in [0, 0.05) is 4.47 Å². The fourth-order valence-electron chi connectivity index (χ4n) is 2.09. The van der Waals surface area contributed by atoms with Gasteiger partial charge in [0.05, 0.1) is 5.56 Å². The van der Waals surface area contributed by atoms with Gasteiger partial charge in [-0.05, 0) is 54.8 Å². The molecule has 0 bridgehead atoms. The predicted octanol–water partition coefficient (Wildman–Crippen LogP) is 4.67. The van der Waals surface area contributed by atoms with Gasteiger partial charge in [0.15, 0.2) is 5.78 Å². The van der Waals surface area contributed by atoms with Crippen LogP contribution in [0.5, 0.6) is 5.75 Å². The van der Waals surface area contributed by atoms with Crippen molar-refractivity contribution in [1.82, 2.24) is 0 Å². The summed E-state index contributed by atoms with van der Waals surface area (Å²) in [5, 5.41) is 9.92. The second-order valence-electron chi connectivity index (χ2n) is 4.73. The van der Waals surface area contributed by atoms with E-state index in [2.05, 4.69) is 15.9 Å². The predicted molar refractivity (Wildman–Crippen MR) is 85.1 cm³/mol. The van der Waals surface area contributed by atoms with Gasteiger partial charge < -0.3 is 5.11 Å². The number of phenolic OH excluding ortho intramolecular Hbond substituents is 1. The lowest BCUT2D eigenvalue weighted by Crippen LogP contribution is -1.99. The van der Waals surface area contributed by atoms with E-state index in [1.54, 1.807) is 12.1 Å². The van der Waals surface area contributed by atoms with E-state index in [0.717, 1.165) is 21.2 Å². The molecule has 3 heteroatoms. The fraction of sp³-hybridized carbons (Fsp3) is 0.118. The number of hydrogen-bond donors (Lipinski definition) is 1. The van der Waals surface area contributed by atoms with Crippen molar-refractivity contribution < 1.29 is 9.90 Å². The third kappa shape index (κ3) is 3.36. The molecule has 0 heterocycles. The van der Waals surface area contributed by atoms with Gasteiger partial charge >= 0.3 is 0 Å². The minimum Gasteiger partial charge on any atom is -0.507 e. The molecular formula is C17H15BrO2. The molecule has 20 heavy (non-hydrogen) atoms. The normalized spacial score (nSPS) is 10.9. The van der Waals surface area contributed by atoms with Crippen molar-refractivity contribution in [2.24, 2.45) is 0 Å². The molecule has 2 aromatic carbocycles. The molecule has 0 saturated heterocycles. The molecule has 0 aromatic heterocycles. The Morgan fingerprint density at radius 1 is 1.15 bits per heavy atom. The van der Waals surface area contributed by atoms with E-state index in [9.17, 15) is 9.90 Å². The maximum Gasteiger partial charge on any atom is 0.189 e. The van der Waals surface area contributed by atoms with Crippen molar-refractivity contribution in [2.75, 3.05) is 0 Å². The minimum absolute atomic E-state index is 0.0351. The van der Waals surface area contributed by atoms with Crippen LogP contribution in [0.2, 0.25) is 0 Å². The molecule has 2 nitrogen and oxygen atoms in total. The Morgan fingerprint density at radius 3 is 2.40 bits per heavy atom. The van der Waals surface area contributed by atoms with Gasteiger partial charge in [-0.2, -0.15) is 0 Å². The Morgan fingerprint density at radius 2 is 1.80 bits per heavy atom. The van der Waals surface area contributed by atoms with Crippen LogP contribution in [0, 0.1) is 13.8 Å². The van der Waals surface area contributed by atoms with Crippen molar-refractivity contribution in [1.29, 1.82) is 0 Å². The monoisotopic (exact) mass is 330 g/mol. The van der Waals surface area contributed by atoms with Crippen LogP contribution in [-0.4, -0.2) is 10.9 Å². The number of benzene rings is 2. The molecule has 0 spiro atoms. The van der Waals surface area contributed by atoms with Gasteiger partial charge in [-0.15, -0.1) is 0 Å². The number of rotatable bonds is 3. The van der Waals surface area contributed by atoms with E-state index in [0.29, 0.717) is 5.56 Å². The largest absolute Gasteiger partial charge is 0.507 e. The highest BCUT2D eigenvalue weighted by molar-refractivity contribution is 9.10. The lowest BCUT2D eigenvalue weighted by atomic mass is 10.00. The highest BCUT2D eigenvalue weighted by atomic mass is 79.9. The van der Waals surface area contributed by atoms with Crippen molar-refractivity contribution in [3.05, 3.63) is 69.2 Å². The van der Waals surface area contributed by atoms with Gasteiger partial charge in [-0.1, -0.05) is 40.2 Å². The molecule has 0 aliphatic carbocycles. The van der Waals surface area contributed by atoms with Crippen LogP contribution in [-0.2, 0) is 0 Å². The molecule has 0 amide bonds. The van der Waals surface area contributed by atoms with Crippen molar-refractivity contribution >= 4 is 27.8 Å². The summed E-state index contributed by atoms with van der Waals surface area (Å²) in [5.74, 6) is -0.157. The van der Waals surface area contributed by atoms with E-state index in [-0.39, 0.29) is 11.5 Å². The molecule has 2 rings (SSSR count). The number of halogens is 1. The molecular weight excluding hydrogens is 316 g/mol. The molecule has 0 aliphatic rings. The smallest absolute Gasteiger partial charge is 0.189 e. The summed E-state index contributed by atoms with van der Waals surface area (Å²) in [7, 11) is 0. The van der Waals surface area contributed by atoms with Crippen LogP contribution >= 0.6 is 15.9 Å². The minimum atomic E-state index is -0.192. The highest BCUT2D eigenvalue weighted by Crippen LogP contribution is 2.24. The number of aromatic hydroxyl groups is 1. The maximum absolute atomic E-state index is 12.2. The van der Waals surface area contributed by atoms with Gasteiger partial charge in [0.1, 0.15) is 5.75 Å². The quantitative estimate of drug-likeness (QED) is 0.656. The second kappa shape index (κ2) is 6.06. The molecule has 0 atom stereocenters. The molecule has 0 fully saturated rings. The molecule has 0 radical (unpaired) electrons. The van der Waals surface area contributed by atoms with E-state index in [4.69, 9.17) is 0 Å². The summed E-state index contributed by atoms with van der Waals surface area (Å²) in [6.07, 6.45) is 3.23. The molecule has 102 valence electrons. The van der Waals surface area contributed by atoms with Gasteiger partial charge in [-0.3, -0.25) is 4.79 Å². The first-order valence-corrected chi connectivity index (χ1v) is 7.05. The molecule has 2 aromatic rings. The van der Waals surface area contributed by atoms with E-state index < -0.39 is 0 Å². The fourth-order valence-corrected chi connectivity index (χ4v) is 2.36. The number of carbonyl (C=O) groups is 1. The summed E-state index contributed by atoms with van der Waals surface area (Å²) < 4.78 is 0.994. The Kier molecular flexibility index (Phi) is 4.40. The zero-order valence-corrected chi connectivity index (χ0v) is 12.9. The van der Waals surface area contributed by atoms with Crippen molar-refractivity contribution in [3.63, 3.8) is 0 Å². The number of aryl methyl sites for hydroxylation is 2. The van der Waals surface area contributed by atoms with Gasteiger partial charge in [0.25, 0.3) is 0 Å². The molecule has 0 saturated carbocycles. The Bertz CT molecular complexity index is 647. The molecule has 1 N–H and O–H groups in total. The van der Waals surface area contributed by atoms with E-state index >= 15 is 0 Å². The first-order chi connectivity index (χ1) is 9.47. The average molecular weight is 331 g/mol. The lowest BCUT2D eigenvalue weighted by molar-refractivity contribution is 0.104. The lowest BCUT2D eigenvalue weighted by Gasteiger charge is -2.06. The van der Waals surface area contributed by atoms with Gasteiger partial charge in [-0.25, -0.2) is 0 Å². The molecule has 0 unspecified atom stereocenters. The van der Waals surface area contributed by atoms with Crippen LogP contribution < -0.4 is 0 Å². The summed E-state index contributed by atoms with van der Waals surface area (Å²) in [6, 6.07) is 11.1. The van der Waals surface area contributed by atoms with E-state index in [1.165, 1.54) is 6.08 Å². The van der Waals surface area contributed by atoms with Crippen LogP contribution in [0.1, 0.15) is 27.0 Å². The number of phenols is 1. The first kappa shape index (κ1) is 14.5. The number of hydrogen-bond acceptors (Lipinski definition) is 2. The first-order valence-electron chi connectivity index (χ1n) is 6.25. The Labute approximate surface area is 126 Å². The maximum atomic E-state index is 12.2. The van der Waals surface area contributed by atoms with Crippen molar-refractivity contribution in [2.45, 2.75) is 13.8 Å².